The normalized spacial score (nSPS) is 31.3. The molecule has 390 valence electrons. The summed E-state index contributed by atoms with van der Waals surface area (Å²) in [5.74, 6) is -9.83. The van der Waals surface area contributed by atoms with Crippen LogP contribution >= 0.6 is 0 Å². The molecule has 0 aromatic heterocycles. The first-order chi connectivity index (χ1) is 32.7. The molecular formula is C40H61BN8O19S2. The van der Waals surface area contributed by atoms with Crippen LogP contribution in [0.1, 0.15) is 70.6 Å². The van der Waals surface area contributed by atoms with Crippen LogP contribution in [0.5, 0.6) is 0 Å². The average molecular weight is 1030 g/mol. The van der Waals surface area contributed by atoms with Crippen LogP contribution in [0.3, 0.4) is 0 Å². The Bertz CT molecular complexity index is 2260. The maximum Gasteiger partial charge on any atom is 0.267 e. The molecule has 1 saturated carbocycles. The van der Waals surface area contributed by atoms with Crippen molar-refractivity contribution in [2.75, 3.05) is 50.8 Å². The zero-order chi connectivity index (χ0) is 51.6. The molecule has 6 fully saturated rings. The highest BCUT2D eigenvalue weighted by Gasteiger charge is 2.53. The standard InChI is InChI=1S/C40H61BN8O19S2/c41-40(5-3-1-2-4-6-40)44-28(20-70(66,67)68)35(58)43-27(19-69(63,64)65)34(57)42-12-33(56)46-14-23(52)8-29(46)37(60)48-16-25(54)10-31(48)39(62)49-17-26(55)11-32(49)38(61)47-15-24(53)9-30(47)36(59)45-13-22(51)7-21(45)18-50/h18,21-32,44,51-55H,1-17,19-20H2,(H,42,57)(H,43,58)(H,63,64,65)(H,66,67,68). The van der Waals surface area contributed by atoms with Crippen molar-refractivity contribution in [3.05, 3.63) is 0 Å². The Morgan fingerprint density at radius 1 is 0.557 bits per heavy atom. The molecule has 10 N–H and O–H groups in total. The SMILES string of the molecule is [B]C1(NC(CS(=O)(=O)O)C(=O)NC(CS(=O)(=O)O)C(=O)NCC(=O)N2CC(O)CC2C(=O)N2CC(O)CC2C(=O)N2CC(O)CC2C(=O)N2CC(O)CC2C(=O)N2CC(O)CC2C=O)CCCCCC1. The highest BCUT2D eigenvalue weighted by atomic mass is 32.2. The van der Waals surface area contributed by atoms with Gasteiger partial charge >= 0.3 is 0 Å². The number of carbonyl (C=O) groups excluding carboxylic acids is 8. The van der Waals surface area contributed by atoms with E-state index in [1.165, 1.54) is 0 Å². The molecule has 5 aliphatic heterocycles. The van der Waals surface area contributed by atoms with Gasteiger partial charge in [-0.05, 0) is 18.3 Å². The number of hydrogen-bond donors (Lipinski definition) is 10. The Morgan fingerprint density at radius 2 is 0.929 bits per heavy atom. The van der Waals surface area contributed by atoms with E-state index >= 15 is 0 Å². The maximum absolute atomic E-state index is 14.4. The molecule has 6 aliphatic rings. The third-order valence-electron chi connectivity index (χ3n) is 13.8. The van der Waals surface area contributed by atoms with Crippen LogP contribution < -0.4 is 16.0 Å². The van der Waals surface area contributed by atoms with Crippen LogP contribution in [-0.2, 0) is 58.6 Å². The van der Waals surface area contributed by atoms with Gasteiger partial charge in [-0.3, -0.25) is 42.7 Å². The van der Waals surface area contributed by atoms with Crippen molar-refractivity contribution in [3.63, 3.8) is 0 Å². The van der Waals surface area contributed by atoms with Crippen molar-refractivity contribution in [2.45, 2.75) is 149 Å². The van der Waals surface area contributed by atoms with Gasteiger partial charge in [0.25, 0.3) is 20.2 Å². The molecule has 1 aliphatic carbocycles. The Kier molecular flexibility index (Phi) is 17.4. The lowest BCUT2D eigenvalue weighted by molar-refractivity contribution is -0.153. The summed E-state index contributed by atoms with van der Waals surface area (Å²) in [5, 5.41) is 59.7. The van der Waals surface area contributed by atoms with Gasteiger partial charge in [0.05, 0.1) is 56.7 Å². The highest BCUT2D eigenvalue weighted by molar-refractivity contribution is 7.86. The van der Waals surface area contributed by atoms with Gasteiger partial charge in [-0.15, -0.1) is 0 Å². The van der Waals surface area contributed by atoms with Crippen LogP contribution in [0.25, 0.3) is 0 Å². The number of rotatable bonds is 16. The van der Waals surface area contributed by atoms with Gasteiger partial charge < -0.3 is 70.8 Å². The molecule has 5 saturated heterocycles. The van der Waals surface area contributed by atoms with Crippen molar-refractivity contribution < 1.29 is 89.8 Å². The largest absolute Gasteiger partial charge is 0.391 e. The number of aldehydes is 1. The van der Waals surface area contributed by atoms with Crippen LogP contribution in [0.4, 0.5) is 0 Å². The van der Waals surface area contributed by atoms with E-state index in [9.17, 15) is 89.8 Å². The van der Waals surface area contributed by atoms with Gasteiger partial charge in [0.2, 0.25) is 41.4 Å². The number of aliphatic hydroxyl groups excluding tert-OH is 5. The zero-order valence-electron chi connectivity index (χ0n) is 38.1. The summed E-state index contributed by atoms with van der Waals surface area (Å²) in [7, 11) is -3.52. The van der Waals surface area contributed by atoms with Gasteiger partial charge in [0, 0.05) is 64.8 Å². The van der Waals surface area contributed by atoms with Crippen molar-refractivity contribution in [1.82, 2.24) is 40.4 Å². The molecule has 27 nitrogen and oxygen atoms in total. The first-order valence-electron chi connectivity index (χ1n) is 23.1. The molecule has 0 spiro atoms. The van der Waals surface area contributed by atoms with Crippen LogP contribution in [0.15, 0.2) is 0 Å². The van der Waals surface area contributed by atoms with Crippen molar-refractivity contribution in [3.8, 4) is 0 Å². The number of nitrogens with zero attached hydrogens (tertiary/aromatic N) is 5. The van der Waals surface area contributed by atoms with E-state index in [1.807, 2.05) is 5.32 Å². The number of aliphatic hydroxyl groups is 5. The fraction of sp³-hybridized carbons (Fsp3) is 0.800. The molecule has 5 heterocycles. The summed E-state index contributed by atoms with van der Waals surface area (Å²) in [6.07, 6.45) is -3.51. The average Bonchev–Trinajstić information content (AvgIpc) is 4.10. The first-order valence-corrected chi connectivity index (χ1v) is 26.3. The van der Waals surface area contributed by atoms with E-state index in [1.54, 1.807) is 0 Å². The van der Waals surface area contributed by atoms with Crippen LogP contribution in [0, 0.1) is 0 Å². The van der Waals surface area contributed by atoms with Crippen molar-refractivity contribution in [1.29, 1.82) is 0 Å². The molecule has 0 aromatic carbocycles. The summed E-state index contributed by atoms with van der Waals surface area (Å²) >= 11 is 0. The predicted molar refractivity (Wildman–Crippen MR) is 238 cm³/mol. The number of β-amino-alcohol motifs (C(OH)–C–C–N with tert-alkyl or cyclic N) is 5. The number of amides is 7. The number of carbonyl (C=O) groups is 8. The van der Waals surface area contributed by atoms with Gasteiger partial charge in [-0.1, -0.05) is 25.7 Å². The molecule has 2 radical (unpaired) electrons. The third kappa shape index (κ3) is 13.4. The summed E-state index contributed by atoms with van der Waals surface area (Å²) < 4.78 is 67.1. The third-order valence-corrected chi connectivity index (χ3v) is 15.3. The van der Waals surface area contributed by atoms with Crippen LogP contribution in [-0.4, -0.2) is 260 Å². The predicted octanol–water partition coefficient (Wildman–Crippen LogP) is -7.45. The van der Waals surface area contributed by atoms with E-state index in [-0.39, 0.29) is 38.8 Å². The van der Waals surface area contributed by atoms with Crippen molar-refractivity contribution in [2.24, 2.45) is 0 Å². The Morgan fingerprint density at radius 3 is 1.36 bits per heavy atom. The highest BCUT2D eigenvalue weighted by Crippen LogP contribution is 2.32. The van der Waals surface area contributed by atoms with Gasteiger partial charge in [-0.25, -0.2) is 0 Å². The van der Waals surface area contributed by atoms with Gasteiger partial charge in [-0.2, -0.15) is 16.8 Å². The molecule has 12 atom stereocenters. The topological polar surface area (TPSA) is 399 Å². The minimum absolute atomic E-state index is 0.0254. The molecular weight excluding hydrogens is 971 g/mol. The molecule has 6 rings (SSSR count). The minimum Gasteiger partial charge on any atom is -0.391 e. The smallest absolute Gasteiger partial charge is 0.267 e. The summed E-state index contributed by atoms with van der Waals surface area (Å²) in [4.78, 5) is 114. The van der Waals surface area contributed by atoms with Crippen LogP contribution in [0.2, 0.25) is 0 Å². The second kappa shape index (κ2) is 22.2. The molecule has 0 aromatic rings. The first kappa shape index (κ1) is 54.9. The lowest BCUT2D eigenvalue weighted by Gasteiger charge is -2.35. The lowest BCUT2D eigenvalue weighted by atomic mass is 9.71. The second-order valence-electron chi connectivity index (χ2n) is 19.3. The molecule has 70 heavy (non-hydrogen) atoms. The fourth-order valence-corrected chi connectivity index (χ4v) is 11.8. The van der Waals surface area contributed by atoms with Crippen molar-refractivity contribution >= 4 is 75.7 Å². The molecule has 0 bridgehead atoms. The Hall–Kier alpha value is -4.40. The minimum atomic E-state index is -5.06. The van der Waals surface area contributed by atoms with E-state index in [2.05, 4.69) is 10.6 Å². The van der Waals surface area contributed by atoms with E-state index in [0.29, 0.717) is 32.0 Å². The Balaban J connectivity index is 1.13. The molecule has 12 unspecified atom stereocenters. The quantitative estimate of drug-likeness (QED) is 0.0297. The fourth-order valence-electron chi connectivity index (χ4n) is 10.5. The number of likely N-dealkylation sites (tertiary alicyclic amines) is 5. The van der Waals surface area contributed by atoms with Gasteiger partial charge in [0.1, 0.15) is 48.3 Å². The number of hydrogen-bond acceptors (Lipinski definition) is 18. The number of nitrogens with one attached hydrogen (secondary N) is 3. The van der Waals surface area contributed by atoms with E-state index in [0.717, 1.165) is 37.3 Å². The summed E-state index contributed by atoms with van der Waals surface area (Å²) in [6, 6.07) is -10.7. The zero-order valence-corrected chi connectivity index (χ0v) is 39.7. The second-order valence-corrected chi connectivity index (χ2v) is 22.3. The maximum atomic E-state index is 14.4. The van der Waals surface area contributed by atoms with Gasteiger partial charge in [0.15, 0.2) is 0 Å². The lowest BCUT2D eigenvalue weighted by Crippen LogP contribution is -2.61. The van der Waals surface area contributed by atoms with E-state index in [4.69, 9.17) is 7.85 Å². The molecule has 7 amide bonds. The summed E-state index contributed by atoms with van der Waals surface area (Å²) in [6.45, 7) is -2.90. The van der Waals surface area contributed by atoms with E-state index < -0.39 is 184 Å². The Labute approximate surface area is 404 Å². The monoisotopic (exact) mass is 1030 g/mol. The summed E-state index contributed by atoms with van der Waals surface area (Å²) in [5.41, 5.74) is -1.29. The molecule has 30 heteroatoms.